The van der Waals surface area contributed by atoms with E-state index in [2.05, 4.69) is 16.5 Å². The van der Waals surface area contributed by atoms with Crippen LogP contribution in [0.2, 0.25) is 0 Å². The van der Waals surface area contributed by atoms with E-state index in [1.807, 2.05) is 13.8 Å². The van der Waals surface area contributed by atoms with Crippen molar-refractivity contribution in [2.45, 2.75) is 39.7 Å². The molecule has 1 N–H and O–H groups in total. The number of aryl methyl sites for hydroxylation is 2. The number of nitriles is 1. The van der Waals surface area contributed by atoms with E-state index in [-0.39, 0.29) is 5.41 Å². The van der Waals surface area contributed by atoms with Crippen LogP contribution in [0.5, 0.6) is 0 Å². The van der Waals surface area contributed by atoms with Crippen molar-refractivity contribution in [3.8, 4) is 6.07 Å². The molecule has 1 aromatic rings. The quantitative estimate of drug-likeness (QED) is 0.823. The largest absolute Gasteiger partial charge is 0.361 e. The third-order valence-electron chi connectivity index (χ3n) is 3.39. The molecule has 1 heterocycles. The molecule has 0 unspecified atom stereocenters. The van der Waals surface area contributed by atoms with E-state index in [1.54, 1.807) is 0 Å². The van der Waals surface area contributed by atoms with Gasteiger partial charge in [-0.2, -0.15) is 5.26 Å². The van der Waals surface area contributed by atoms with Gasteiger partial charge in [0, 0.05) is 25.1 Å². The van der Waals surface area contributed by atoms with E-state index in [1.165, 1.54) is 12.8 Å². The Bertz CT molecular complexity index is 393. The molecule has 1 aromatic heterocycles. The lowest BCUT2D eigenvalue weighted by molar-refractivity contribution is 0.391. The summed E-state index contributed by atoms with van der Waals surface area (Å²) in [6.45, 7) is 5.59. The third kappa shape index (κ3) is 2.25. The summed E-state index contributed by atoms with van der Waals surface area (Å²) in [7, 11) is 0. The summed E-state index contributed by atoms with van der Waals surface area (Å²) in [5.41, 5.74) is 2.36. The molecule has 1 saturated carbocycles. The second-order valence-electron chi connectivity index (χ2n) is 4.74. The minimum atomic E-state index is 0.258. The maximum atomic E-state index is 8.71. The highest BCUT2D eigenvalue weighted by molar-refractivity contribution is 5.20. The molecular weight excluding hydrogens is 202 g/mol. The molecule has 0 amide bonds. The van der Waals surface area contributed by atoms with Crippen molar-refractivity contribution < 1.29 is 4.52 Å². The Balaban J connectivity index is 1.83. The van der Waals surface area contributed by atoms with Crippen LogP contribution < -0.4 is 5.32 Å². The van der Waals surface area contributed by atoms with Gasteiger partial charge in [0.15, 0.2) is 0 Å². The molecule has 2 rings (SSSR count). The zero-order valence-electron chi connectivity index (χ0n) is 9.84. The molecule has 0 aliphatic heterocycles. The van der Waals surface area contributed by atoms with Gasteiger partial charge < -0.3 is 9.84 Å². The summed E-state index contributed by atoms with van der Waals surface area (Å²) in [4.78, 5) is 0. The zero-order valence-corrected chi connectivity index (χ0v) is 9.84. The molecule has 0 radical (unpaired) electrons. The highest BCUT2D eigenvalue weighted by atomic mass is 16.5. The van der Waals surface area contributed by atoms with Gasteiger partial charge >= 0.3 is 0 Å². The van der Waals surface area contributed by atoms with Crippen molar-refractivity contribution >= 4 is 0 Å². The SMILES string of the molecule is Cc1noc(C)c1CNCC1(CC#N)CC1. The van der Waals surface area contributed by atoms with Crippen molar-refractivity contribution in [3.05, 3.63) is 17.0 Å². The van der Waals surface area contributed by atoms with Gasteiger partial charge in [0.25, 0.3) is 0 Å². The number of aromatic nitrogens is 1. The van der Waals surface area contributed by atoms with Gasteiger partial charge in [-0.3, -0.25) is 0 Å². The van der Waals surface area contributed by atoms with Crippen molar-refractivity contribution in [3.63, 3.8) is 0 Å². The number of hydrogen-bond acceptors (Lipinski definition) is 4. The van der Waals surface area contributed by atoms with E-state index < -0.39 is 0 Å². The number of hydrogen-bond donors (Lipinski definition) is 1. The predicted molar refractivity (Wildman–Crippen MR) is 59.6 cm³/mol. The maximum Gasteiger partial charge on any atom is 0.138 e. The average molecular weight is 219 g/mol. The second kappa shape index (κ2) is 4.26. The lowest BCUT2D eigenvalue weighted by atomic mass is 10.0. The Hall–Kier alpha value is -1.34. The predicted octanol–water partition coefficient (Wildman–Crippen LogP) is 2.07. The molecular formula is C12H17N3O. The van der Waals surface area contributed by atoms with E-state index in [9.17, 15) is 0 Å². The van der Waals surface area contributed by atoms with Crippen LogP contribution >= 0.6 is 0 Å². The number of nitrogens with zero attached hydrogens (tertiary/aromatic N) is 2. The third-order valence-corrected chi connectivity index (χ3v) is 3.39. The van der Waals surface area contributed by atoms with E-state index in [0.29, 0.717) is 6.42 Å². The topological polar surface area (TPSA) is 61.9 Å². The molecule has 0 saturated heterocycles. The maximum absolute atomic E-state index is 8.71. The summed E-state index contributed by atoms with van der Waals surface area (Å²) in [6, 6.07) is 2.27. The number of rotatable bonds is 5. The molecule has 16 heavy (non-hydrogen) atoms. The molecule has 4 nitrogen and oxygen atoms in total. The molecule has 0 atom stereocenters. The van der Waals surface area contributed by atoms with Gasteiger partial charge in [-0.05, 0) is 32.1 Å². The van der Waals surface area contributed by atoms with Gasteiger partial charge in [-0.25, -0.2) is 0 Å². The van der Waals surface area contributed by atoms with Gasteiger partial charge in [0.05, 0.1) is 11.8 Å². The second-order valence-corrected chi connectivity index (χ2v) is 4.74. The molecule has 0 aromatic carbocycles. The summed E-state index contributed by atoms with van der Waals surface area (Å²) >= 11 is 0. The monoisotopic (exact) mass is 219 g/mol. The van der Waals surface area contributed by atoms with Crippen LogP contribution in [-0.4, -0.2) is 11.7 Å². The van der Waals surface area contributed by atoms with Crippen LogP contribution in [-0.2, 0) is 6.54 Å². The standard InChI is InChI=1S/C12H17N3O/c1-9-11(10(2)16-15-9)7-14-8-12(3-4-12)5-6-13/h14H,3-5,7-8H2,1-2H3. The Labute approximate surface area is 95.6 Å². The Kier molecular flexibility index (Phi) is 2.97. The van der Waals surface area contributed by atoms with Gasteiger partial charge in [-0.1, -0.05) is 5.16 Å². The molecule has 1 aliphatic rings. The molecule has 1 fully saturated rings. The van der Waals surface area contributed by atoms with Crippen molar-refractivity contribution in [1.29, 1.82) is 5.26 Å². The van der Waals surface area contributed by atoms with Gasteiger partial charge in [0.1, 0.15) is 5.76 Å². The first-order chi connectivity index (χ1) is 7.67. The van der Waals surface area contributed by atoms with Crippen LogP contribution in [0.25, 0.3) is 0 Å². The molecule has 86 valence electrons. The normalized spacial score (nSPS) is 17.1. The van der Waals surface area contributed by atoms with Gasteiger partial charge in [-0.15, -0.1) is 0 Å². The fourth-order valence-corrected chi connectivity index (χ4v) is 1.97. The van der Waals surface area contributed by atoms with Crippen molar-refractivity contribution in [2.24, 2.45) is 5.41 Å². The smallest absolute Gasteiger partial charge is 0.138 e. The summed E-state index contributed by atoms with van der Waals surface area (Å²) in [6.07, 6.45) is 3.02. The molecule has 0 spiro atoms. The number of nitrogens with one attached hydrogen (secondary N) is 1. The van der Waals surface area contributed by atoms with Crippen LogP contribution in [0.15, 0.2) is 4.52 Å². The van der Waals surface area contributed by atoms with Crippen LogP contribution in [0, 0.1) is 30.6 Å². The summed E-state index contributed by atoms with van der Waals surface area (Å²) in [5, 5.41) is 16.0. The molecule has 0 bridgehead atoms. The lowest BCUT2D eigenvalue weighted by Gasteiger charge is -2.11. The van der Waals surface area contributed by atoms with Crippen LogP contribution in [0.1, 0.15) is 36.3 Å². The average Bonchev–Trinajstić information content (AvgIpc) is 2.94. The highest BCUT2D eigenvalue weighted by Crippen LogP contribution is 2.47. The minimum absolute atomic E-state index is 0.258. The molecule has 1 aliphatic carbocycles. The fourth-order valence-electron chi connectivity index (χ4n) is 1.97. The van der Waals surface area contributed by atoms with E-state index in [4.69, 9.17) is 9.78 Å². The van der Waals surface area contributed by atoms with E-state index in [0.717, 1.165) is 30.1 Å². The Morgan fingerprint density at radius 3 is 2.75 bits per heavy atom. The first kappa shape index (κ1) is 11.2. The van der Waals surface area contributed by atoms with Gasteiger partial charge in [0.2, 0.25) is 0 Å². The van der Waals surface area contributed by atoms with Crippen LogP contribution in [0.3, 0.4) is 0 Å². The first-order valence-corrected chi connectivity index (χ1v) is 5.66. The summed E-state index contributed by atoms with van der Waals surface area (Å²) in [5.74, 6) is 0.884. The van der Waals surface area contributed by atoms with Crippen molar-refractivity contribution in [1.82, 2.24) is 10.5 Å². The highest BCUT2D eigenvalue weighted by Gasteiger charge is 2.41. The summed E-state index contributed by atoms with van der Waals surface area (Å²) < 4.78 is 5.10. The first-order valence-electron chi connectivity index (χ1n) is 5.66. The van der Waals surface area contributed by atoms with Crippen molar-refractivity contribution in [2.75, 3.05) is 6.54 Å². The lowest BCUT2D eigenvalue weighted by Crippen LogP contribution is -2.23. The zero-order chi connectivity index (χ0) is 11.6. The molecule has 4 heteroatoms. The van der Waals surface area contributed by atoms with E-state index >= 15 is 0 Å². The minimum Gasteiger partial charge on any atom is -0.361 e. The fraction of sp³-hybridized carbons (Fsp3) is 0.667. The van der Waals surface area contributed by atoms with Crippen LogP contribution in [0.4, 0.5) is 0 Å². The Morgan fingerprint density at radius 2 is 2.25 bits per heavy atom. The Morgan fingerprint density at radius 1 is 1.50 bits per heavy atom.